The lowest BCUT2D eigenvalue weighted by atomic mass is 10.2. The molecule has 1 aromatic heterocycles. The van der Waals surface area contributed by atoms with Crippen LogP contribution in [0, 0.1) is 17.5 Å². The number of halogens is 3. The third kappa shape index (κ3) is 1.17. The highest BCUT2D eigenvalue weighted by Gasteiger charge is 2.12. The number of hydrogen-bond donors (Lipinski definition) is 1. The highest BCUT2D eigenvalue weighted by atomic mass is 19.2. The van der Waals surface area contributed by atoms with Gasteiger partial charge >= 0.3 is 0 Å². The number of anilines is 1. The fraction of sp³-hybridized carbons (Fsp3) is 0. The summed E-state index contributed by atoms with van der Waals surface area (Å²) < 4.78 is 38.9. The monoisotopic (exact) mass is 198 g/mol. The number of nitrogen functional groups attached to an aromatic ring is 1. The summed E-state index contributed by atoms with van der Waals surface area (Å²) in [5.41, 5.74) is 5.03. The predicted octanol–water partition coefficient (Wildman–Crippen LogP) is 2.23. The molecule has 72 valence electrons. The number of fused-ring (bicyclic) bond motifs is 1. The maximum Gasteiger partial charge on any atom is 0.168 e. The second-order valence-electron chi connectivity index (χ2n) is 2.79. The third-order valence-corrected chi connectivity index (χ3v) is 1.84. The minimum atomic E-state index is -1.23. The van der Waals surface area contributed by atoms with Gasteiger partial charge in [0.15, 0.2) is 17.5 Å². The first-order chi connectivity index (χ1) is 6.59. The van der Waals surface area contributed by atoms with Crippen LogP contribution in [0.3, 0.4) is 0 Å². The summed E-state index contributed by atoms with van der Waals surface area (Å²) in [7, 11) is 0. The number of pyridine rings is 1. The molecule has 0 saturated carbocycles. The van der Waals surface area contributed by atoms with E-state index in [9.17, 15) is 13.2 Å². The maximum atomic E-state index is 13.1. The molecular weight excluding hydrogens is 193 g/mol. The van der Waals surface area contributed by atoms with Crippen LogP contribution in [-0.2, 0) is 0 Å². The second-order valence-corrected chi connectivity index (χ2v) is 2.79. The van der Waals surface area contributed by atoms with E-state index < -0.39 is 17.5 Å². The fourth-order valence-corrected chi connectivity index (χ4v) is 1.21. The molecule has 0 fully saturated rings. The number of hydrogen-bond acceptors (Lipinski definition) is 2. The number of nitrogens with two attached hydrogens (primary N) is 1. The molecule has 14 heavy (non-hydrogen) atoms. The van der Waals surface area contributed by atoms with E-state index >= 15 is 0 Å². The summed E-state index contributed by atoms with van der Waals surface area (Å²) in [5, 5.41) is -0.211. The molecule has 2 N–H and O–H groups in total. The van der Waals surface area contributed by atoms with Gasteiger partial charge in [-0.15, -0.1) is 0 Å². The Hall–Kier alpha value is -1.78. The summed E-state index contributed by atoms with van der Waals surface area (Å²) in [6.07, 6.45) is 0. The van der Waals surface area contributed by atoms with Crippen molar-refractivity contribution in [2.24, 2.45) is 0 Å². The summed E-state index contributed by atoms with van der Waals surface area (Å²) in [4.78, 5) is 3.57. The summed E-state index contributed by atoms with van der Waals surface area (Å²) >= 11 is 0. The van der Waals surface area contributed by atoms with Gasteiger partial charge < -0.3 is 5.73 Å². The van der Waals surface area contributed by atoms with Crippen molar-refractivity contribution in [1.82, 2.24) is 4.98 Å². The van der Waals surface area contributed by atoms with Gasteiger partial charge in [0.2, 0.25) is 0 Å². The zero-order chi connectivity index (χ0) is 10.3. The van der Waals surface area contributed by atoms with Gasteiger partial charge in [0.05, 0.1) is 0 Å². The lowest BCUT2D eigenvalue weighted by Crippen LogP contribution is -1.96. The van der Waals surface area contributed by atoms with Crippen LogP contribution in [-0.4, -0.2) is 4.98 Å². The van der Waals surface area contributed by atoms with E-state index in [1.807, 2.05) is 0 Å². The van der Waals surface area contributed by atoms with Crippen molar-refractivity contribution < 1.29 is 13.2 Å². The Morgan fingerprint density at radius 1 is 1.07 bits per heavy atom. The number of rotatable bonds is 0. The quantitative estimate of drug-likeness (QED) is 0.659. The molecule has 0 saturated heterocycles. The second kappa shape index (κ2) is 2.87. The first-order valence-electron chi connectivity index (χ1n) is 3.79. The van der Waals surface area contributed by atoms with E-state index in [2.05, 4.69) is 4.98 Å². The number of benzene rings is 1. The van der Waals surface area contributed by atoms with E-state index in [1.54, 1.807) is 0 Å². The van der Waals surface area contributed by atoms with Crippen molar-refractivity contribution >= 4 is 16.7 Å². The van der Waals surface area contributed by atoms with Gasteiger partial charge in [0.25, 0.3) is 0 Å². The molecule has 0 spiro atoms. The molecule has 0 amide bonds. The Kier molecular flexibility index (Phi) is 1.80. The molecule has 2 nitrogen and oxygen atoms in total. The van der Waals surface area contributed by atoms with Crippen molar-refractivity contribution in [3.05, 3.63) is 35.7 Å². The largest absolute Gasteiger partial charge is 0.384 e. The van der Waals surface area contributed by atoms with Crippen molar-refractivity contribution in [3.8, 4) is 0 Å². The molecule has 2 aromatic rings. The summed E-state index contributed by atoms with van der Waals surface area (Å²) in [5.74, 6) is -3.22. The first kappa shape index (κ1) is 8.80. The third-order valence-electron chi connectivity index (χ3n) is 1.84. The van der Waals surface area contributed by atoms with Crippen LogP contribution < -0.4 is 5.73 Å². The molecule has 0 bridgehead atoms. The van der Waals surface area contributed by atoms with E-state index in [0.717, 1.165) is 0 Å². The first-order valence-corrected chi connectivity index (χ1v) is 3.79. The van der Waals surface area contributed by atoms with Gasteiger partial charge in [0.1, 0.15) is 11.3 Å². The average Bonchev–Trinajstić information content (AvgIpc) is 2.14. The minimum Gasteiger partial charge on any atom is -0.384 e. The lowest BCUT2D eigenvalue weighted by Gasteiger charge is -2.02. The molecule has 0 aliphatic heterocycles. The summed E-state index contributed by atoms with van der Waals surface area (Å²) in [6, 6.07) is 2.92. The number of nitrogens with zero attached hydrogens (tertiary/aromatic N) is 1. The molecule has 0 aliphatic rings. The van der Waals surface area contributed by atoms with Crippen molar-refractivity contribution in [2.45, 2.75) is 0 Å². The SMILES string of the molecule is Nc1ccc2c(F)c(F)cc(F)c2n1. The van der Waals surface area contributed by atoms with Crippen LogP contribution in [0.15, 0.2) is 18.2 Å². The maximum absolute atomic E-state index is 13.1. The molecule has 0 atom stereocenters. The Labute approximate surface area is 77.2 Å². The van der Waals surface area contributed by atoms with Crippen LogP contribution >= 0.6 is 0 Å². The normalized spacial score (nSPS) is 10.8. The zero-order valence-electron chi connectivity index (χ0n) is 6.89. The molecule has 1 aromatic carbocycles. The Morgan fingerprint density at radius 2 is 1.79 bits per heavy atom. The van der Waals surface area contributed by atoms with E-state index in [0.29, 0.717) is 6.07 Å². The van der Waals surface area contributed by atoms with Gasteiger partial charge in [-0.1, -0.05) is 0 Å². The molecule has 1 heterocycles. The van der Waals surface area contributed by atoms with Crippen molar-refractivity contribution in [2.75, 3.05) is 5.73 Å². The van der Waals surface area contributed by atoms with Crippen LogP contribution in [0.4, 0.5) is 19.0 Å². The molecular formula is C9H5F3N2. The van der Waals surface area contributed by atoms with Gasteiger partial charge in [-0.05, 0) is 12.1 Å². The zero-order valence-corrected chi connectivity index (χ0v) is 6.89. The predicted molar refractivity (Wildman–Crippen MR) is 46.0 cm³/mol. The van der Waals surface area contributed by atoms with E-state index in [-0.39, 0.29) is 16.7 Å². The van der Waals surface area contributed by atoms with Gasteiger partial charge in [0, 0.05) is 11.5 Å². The van der Waals surface area contributed by atoms with E-state index in [4.69, 9.17) is 5.73 Å². The molecule has 0 aliphatic carbocycles. The van der Waals surface area contributed by atoms with Crippen molar-refractivity contribution in [1.29, 1.82) is 0 Å². The fourth-order valence-electron chi connectivity index (χ4n) is 1.21. The average molecular weight is 198 g/mol. The van der Waals surface area contributed by atoms with Crippen LogP contribution in [0.2, 0.25) is 0 Å². The number of aromatic nitrogens is 1. The van der Waals surface area contributed by atoms with Crippen molar-refractivity contribution in [3.63, 3.8) is 0 Å². The standard InChI is InChI=1S/C9H5F3N2/c10-5-3-6(11)9-4(8(5)12)1-2-7(13)14-9/h1-3H,(H2,13,14). The summed E-state index contributed by atoms with van der Waals surface area (Å²) in [6.45, 7) is 0. The van der Waals surface area contributed by atoms with Crippen LogP contribution in [0.1, 0.15) is 0 Å². The van der Waals surface area contributed by atoms with Crippen LogP contribution in [0.5, 0.6) is 0 Å². The Morgan fingerprint density at radius 3 is 2.50 bits per heavy atom. The Bertz CT molecular complexity index is 511. The highest BCUT2D eigenvalue weighted by molar-refractivity contribution is 5.81. The minimum absolute atomic E-state index is 0.0578. The van der Waals surface area contributed by atoms with E-state index in [1.165, 1.54) is 12.1 Å². The Balaban J connectivity index is 2.94. The molecule has 0 unspecified atom stereocenters. The molecule has 2 rings (SSSR count). The van der Waals surface area contributed by atoms with Gasteiger partial charge in [-0.25, -0.2) is 18.2 Å². The smallest absolute Gasteiger partial charge is 0.168 e. The highest BCUT2D eigenvalue weighted by Crippen LogP contribution is 2.22. The van der Waals surface area contributed by atoms with Gasteiger partial charge in [-0.3, -0.25) is 0 Å². The molecule has 0 radical (unpaired) electrons. The van der Waals surface area contributed by atoms with Crippen LogP contribution in [0.25, 0.3) is 10.9 Å². The topological polar surface area (TPSA) is 38.9 Å². The molecule has 5 heteroatoms. The lowest BCUT2D eigenvalue weighted by molar-refractivity contribution is 0.505. The van der Waals surface area contributed by atoms with Gasteiger partial charge in [-0.2, -0.15) is 0 Å².